The summed E-state index contributed by atoms with van der Waals surface area (Å²) in [5.41, 5.74) is 3.12. The van der Waals surface area contributed by atoms with E-state index in [0.717, 1.165) is 29.5 Å². The summed E-state index contributed by atoms with van der Waals surface area (Å²) < 4.78 is 48.3. The smallest absolute Gasteiger partial charge is 0.255 e. The summed E-state index contributed by atoms with van der Waals surface area (Å²) in [6.45, 7) is 1.88. The van der Waals surface area contributed by atoms with Gasteiger partial charge in [0.25, 0.3) is 5.91 Å². The van der Waals surface area contributed by atoms with Gasteiger partial charge >= 0.3 is 0 Å². The number of halogens is 3. The number of carbonyl (C=O) groups is 1. The molecule has 0 aliphatic carbocycles. The highest BCUT2D eigenvalue weighted by atomic mass is 19.1. The Morgan fingerprint density at radius 1 is 0.861 bits per heavy atom. The molecule has 6 nitrogen and oxygen atoms in total. The summed E-state index contributed by atoms with van der Waals surface area (Å²) in [6, 6.07) is 15.2. The Hall–Kier alpha value is -4.79. The average molecular weight is 486 g/mol. The van der Waals surface area contributed by atoms with Crippen molar-refractivity contribution in [3.8, 4) is 22.8 Å². The molecule has 0 saturated heterocycles. The van der Waals surface area contributed by atoms with Crippen LogP contribution in [-0.4, -0.2) is 20.9 Å². The fraction of sp³-hybridized carbons (Fsp3) is 0.0370. The molecule has 0 spiro atoms. The number of rotatable bonds is 5. The summed E-state index contributed by atoms with van der Waals surface area (Å²) in [7, 11) is 0. The highest BCUT2D eigenvalue weighted by Gasteiger charge is 2.16. The number of nitrogens with one attached hydrogen (secondary N) is 1. The van der Waals surface area contributed by atoms with E-state index in [0.29, 0.717) is 16.7 Å². The Labute approximate surface area is 203 Å². The van der Waals surface area contributed by atoms with Gasteiger partial charge in [0.15, 0.2) is 17.4 Å². The Bertz CT molecular complexity index is 1580. The quantitative estimate of drug-likeness (QED) is 0.308. The largest absolute Gasteiger partial charge is 0.451 e. The normalized spacial score (nSPS) is 10.9. The van der Waals surface area contributed by atoms with E-state index in [2.05, 4.69) is 20.3 Å². The van der Waals surface area contributed by atoms with E-state index in [-0.39, 0.29) is 17.0 Å². The molecule has 0 aliphatic rings. The second kappa shape index (κ2) is 9.46. The van der Waals surface area contributed by atoms with Gasteiger partial charge in [0.05, 0.1) is 22.9 Å². The molecule has 0 atom stereocenters. The molecule has 9 heteroatoms. The van der Waals surface area contributed by atoms with Crippen molar-refractivity contribution in [2.45, 2.75) is 6.92 Å². The fourth-order valence-electron chi connectivity index (χ4n) is 3.49. The zero-order chi connectivity index (χ0) is 25.2. The lowest BCUT2D eigenvalue weighted by atomic mass is 10.2. The fourth-order valence-corrected chi connectivity index (χ4v) is 3.49. The number of carbonyl (C=O) groups excluding carboxylic acids is 1. The molecule has 3 aromatic carbocycles. The lowest BCUT2D eigenvalue weighted by Crippen LogP contribution is -2.12. The van der Waals surface area contributed by atoms with E-state index >= 15 is 0 Å². The van der Waals surface area contributed by atoms with Crippen molar-refractivity contribution in [3.63, 3.8) is 0 Å². The van der Waals surface area contributed by atoms with Crippen LogP contribution in [-0.2, 0) is 0 Å². The number of hydrogen-bond acceptors (Lipinski definition) is 5. The van der Waals surface area contributed by atoms with Crippen molar-refractivity contribution in [3.05, 3.63) is 108 Å². The van der Waals surface area contributed by atoms with E-state index in [1.54, 1.807) is 18.5 Å². The third-order valence-corrected chi connectivity index (χ3v) is 5.28. The monoisotopic (exact) mass is 486 g/mol. The predicted molar refractivity (Wildman–Crippen MR) is 128 cm³/mol. The van der Waals surface area contributed by atoms with Gasteiger partial charge in [-0.25, -0.2) is 18.2 Å². The Morgan fingerprint density at radius 3 is 2.39 bits per heavy atom. The van der Waals surface area contributed by atoms with Crippen LogP contribution in [0.3, 0.4) is 0 Å². The van der Waals surface area contributed by atoms with Gasteiger partial charge in [-0.1, -0.05) is 6.07 Å². The van der Waals surface area contributed by atoms with Crippen molar-refractivity contribution in [2.75, 3.05) is 5.32 Å². The molecule has 5 aromatic rings. The predicted octanol–water partition coefficient (Wildman–Crippen LogP) is 6.46. The summed E-state index contributed by atoms with van der Waals surface area (Å²) >= 11 is 0. The van der Waals surface area contributed by atoms with Gasteiger partial charge in [0.2, 0.25) is 0 Å². The van der Waals surface area contributed by atoms with Gasteiger partial charge in [-0.15, -0.1) is 0 Å². The number of hydrogen-bond donors (Lipinski definition) is 1. The van der Waals surface area contributed by atoms with Gasteiger partial charge in [-0.3, -0.25) is 14.8 Å². The third-order valence-electron chi connectivity index (χ3n) is 5.28. The number of amides is 1. The number of aryl methyl sites for hydroxylation is 1. The van der Waals surface area contributed by atoms with Crippen molar-refractivity contribution in [2.24, 2.45) is 0 Å². The van der Waals surface area contributed by atoms with Crippen molar-refractivity contribution in [1.29, 1.82) is 0 Å². The summed E-state index contributed by atoms with van der Waals surface area (Å²) in [5.74, 6) is -3.89. The lowest BCUT2D eigenvalue weighted by molar-refractivity contribution is 0.102. The van der Waals surface area contributed by atoms with Crippen LogP contribution in [0.1, 0.15) is 16.1 Å². The van der Waals surface area contributed by atoms with Gasteiger partial charge in [0.1, 0.15) is 11.6 Å². The van der Waals surface area contributed by atoms with Gasteiger partial charge in [0, 0.05) is 46.9 Å². The van der Waals surface area contributed by atoms with Crippen LogP contribution in [0.4, 0.5) is 18.9 Å². The number of anilines is 1. The van der Waals surface area contributed by atoms with Crippen LogP contribution < -0.4 is 10.1 Å². The Balaban J connectivity index is 1.39. The summed E-state index contributed by atoms with van der Waals surface area (Å²) in [5, 5.41) is 2.34. The molecule has 0 fully saturated rings. The lowest BCUT2D eigenvalue weighted by Gasteiger charge is -2.11. The van der Waals surface area contributed by atoms with Crippen molar-refractivity contribution >= 4 is 22.6 Å². The van der Waals surface area contributed by atoms with Crippen LogP contribution in [0.5, 0.6) is 11.5 Å². The first kappa shape index (κ1) is 23.0. The molecule has 0 bridgehead atoms. The number of benzene rings is 3. The molecule has 2 aromatic heterocycles. The molecule has 5 rings (SSSR count). The van der Waals surface area contributed by atoms with Crippen LogP contribution >= 0.6 is 0 Å². The Kier molecular flexibility index (Phi) is 6.03. The topological polar surface area (TPSA) is 77.0 Å². The first-order chi connectivity index (χ1) is 17.4. The molecular weight excluding hydrogens is 469 g/mol. The van der Waals surface area contributed by atoms with Crippen molar-refractivity contribution in [1.82, 2.24) is 15.0 Å². The molecular formula is C27H17F3N4O2. The number of ether oxygens (including phenoxy) is 1. The van der Waals surface area contributed by atoms with E-state index in [4.69, 9.17) is 4.74 Å². The molecule has 178 valence electrons. The molecule has 0 radical (unpaired) electrons. The van der Waals surface area contributed by atoms with Crippen LogP contribution in [0, 0.1) is 24.4 Å². The maximum absolute atomic E-state index is 14.7. The Morgan fingerprint density at radius 2 is 1.67 bits per heavy atom. The van der Waals surface area contributed by atoms with E-state index in [1.807, 2.05) is 19.1 Å². The number of fused-ring (bicyclic) bond motifs is 1. The molecule has 2 heterocycles. The third kappa shape index (κ3) is 4.85. The van der Waals surface area contributed by atoms with Crippen LogP contribution in [0.25, 0.3) is 22.3 Å². The zero-order valence-corrected chi connectivity index (χ0v) is 18.8. The van der Waals surface area contributed by atoms with E-state index in [1.165, 1.54) is 30.3 Å². The van der Waals surface area contributed by atoms with Crippen molar-refractivity contribution < 1.29 is 22.7 Å². The minimum absolute atomic E-state index is 0.00852. The molecule has 0 unspecified atom stereocenters. The minimum atomic E-state index is -1.03. The first-order valence-corrected chi connectivity index (χ1v) is 10.8. The maximum Gasteiger partial charge on any atom is 0.255 e. The second-order valence-electron chi connectivity index (χ2n) is 7.93. The average Bonchev–Trinajstić information content (AvgIpc) is 2.86. The summed E-state index contributed by atoms with van der Waals surface area (Å²) in [4.78, 5) is 25.5. The molecule has 0 aliphatic heterocycles. The first-order valence-electron chi connectivity index (χ1n) is 10.8. The highest BCUT2D eigenvalue weighted by molar-refractivity contribution is 6.04. The standard InChI is InChI=1S/C27H17F3N4O2/c1-15-5-6-17(13-31-15)25-14-32-23-8-7-20(12-24(23)34-25)36-26-21(29)10-19(11-22(26)30)33-27(35)16-3-2-4-18(28)9-16/h2-14H,1H3,(H,33,35). The van der Waals surface area contributed by atoms with Crippen LogP contribution in [0.15, 0.2) is 79.1 Å². The SMILES string of the molecule is Cc1ccc(-c2cnc3ccc(Oc4c(F)cc(NC(=O)c5cccc(F)c5)cc4F)cc3n2)cn1. The molecule has 36 heavy (non-hydrogen) atoms. The van der Waals surface area contributed by atoms with Gasteiger partial charge in [-0.05, 0) is 49.4 Å². The molecule has 1 amide bonds. The molecule has 1 N–H and O–H groups in total. The number of pyridine rings is 1. The number of aromatic nitrogens is 3. The highest BCUT2D eigenvalue weighted by Crippen LogP contribution is 2.32. The van der Waals surface area contributed by atoms with E-state index in [9.17, 15) is 18.0 Å². The second-order valence-corrected chi connectivity index (χ2v) is 7.93. The zero-order valence-electron chi connectivity index (χ0n) is 18.8. The van der Waals surface area contributed by atoms with Crippen LogP contribution in [0.2, 0.25) is 0 Å². The number of nitrogens with zero attached hydrogens (tertiary/aromatic N) is 3. The molecule has 0 saturated carbocycles. The maximum atomic E-state index is 14.7. The summed E-state index contributed by atoms with van der Waals surface area (Å²) in [6.07, 6.45) is 3.30. The van der Waals surface area contributed by atoms with E-state index < -0.39 is 29.1 Å². The van der Waals surface area contributed by atoms with Gasteiger partial charge < -0.3 is 10.1 Å². The van der Waals surface area contributed by atoms with Gasteiger partial charge in [-0.2, -0.15) is 0 Å². The minimum Gasteiger partial charge on any atom is -0.451 e.